The molecule has 0 saturated heterocycles. The average molecular weight is 272 g/mol. The smallest absolute Gasteiger partial charge is 0.151 e. The van der Waals surface area contributed by atoms with Gasteiger partial charge in [-0.15, -0.1) is 0 Å². The van der Waals surface area contributed by atoms with E-state index < -0.39 is 10.0 Å². The predicted molar refractivity (Wildman–Crippen MR) is 83.4 cm³/mol. The van der Waals surface area contributed by atoms with E-state index in [-0.39, 0.29) is 0 Å². The Hall–Kier alpha value is -1.20. The zero-order chi connectivity index (χ0) is 13.6. The highest BCUT2D eigenvalue weighted by molar-refractivity contribution is 8.35. The number of benzene rings is 1. The van der Waals surface area contributed by atoms with Crippen LogP contribution in [-0.4, -0.2) is 25.1 Å². The Bertz CT molecular complexity index is 598. The van der Waals surface area contributed by atoms with Crippen LogP contribution < -0.4 is 0 Å². The minimum Gasteiger partial charge on any atom is -0.298 e. The topological polar surface area (TPSA) is 17.1 Å². The Morgan fingerprint density at radius 1 is 1.16 bits per heavy atom. The Morgan fingerprint density at radius 3 is 2.37 bits per heavy atom. The Balaban J connectivity index is 2.08. The number of rotatable bonds is 1. The summed E-state index contributed by atoms with van der Waals surface area (Å²) in [5.41, 5.74) is 4.60. The molecule has 0 spiro atoms. The predicted octanol–water partition coefficient (Wildman–Crippen LogP) is 3.87. The Labute approximate surface area is 117 Å². The third-order valence-corrected chi connectivity index (χ3v) is 4.90. The lowest BCUT2D eigenvalue weighted by Gasteiger charge is -2.17. The molecule has 100 valence electrons. The fraction of sp³-hybridized carbons (Fsp3) is 0.471. The minimum absolute atomic E-state index is 0.703. The molecule has 3 rings (SSSR count). The molecule has 2 aliphatic carbocycles. The van der Waals surface area contributed by atoms with Gasteiger partial charge < -0.3 is 0 Å². The zero-order valence-corrected chi connectivity index (χ0v) is 12.6. The van der Waals surface area contributed by atoms with Crippen LogP contribution in [0.25, 0.3) is 0 Å². The Kier molecular flexibility index (Phi) is 2.98. The lowest BCUT2D eigenvalue weighted by atomic mass is 9.88. The zero-order valence-electron chi connectivity index (χ0n) is 11.8. The van der Waals surface area contributed by atoms with Gasteiger partial charge in [-0.3, -0.25) is 4.79 Å². The van der Waals surface area contributed by atoms with Gasteiger partial charge >= 0.3 is 0 Å². The van der Waals surface area contributed by atoms with E-state index in [1.54, 1.807) is 0 Å². The SMILES string of the molecule is CS(C)(C)C#Cc1cc2c(cc1C=O)C1CCC2C1. The number of fused-ring (bicyclic) bond motifs is 5. The van der Waals surface area contributed by atoms with Crippen molar-refractivity contribution in [1.29, 1.82) is 0 Å². The molecular formula is C17H20OS. The van der Waals surface area contributed by atoms with Gasteiger partial charge in [0.2, 0.25) is 0 Å². The van der Waals surface area contributed by atoms with Gasteiger partial charge in [0.1, 0.15) is 0 Å². The second-order valence-corrected chi connectivity index (χ2v) is 10.3. The van der Waals surface area contributed by atoms with Crippen LogP contribution in [0.5, 0.6) is 0 Å². The highest BCUT2D eigenvalue weighted by atomic mass is 32.3. The van der Waals surface area contributed by atoms with E-state index in [0.717, 1.165) is 23.3 Å². The molecule has 1 saturated carbocycles. The molecule has 0 aliphatic heterocycles. The molecule has 0 aromatic heterocycles. The minimum atomic E-state index is -0.849. The molecule has 19 heavy (non-hydrogen) atoms. The van der Waals surface area contributed by atoms with Crippen molar-refractivity contribution in [2.45, 2.75) is 31.1 Å². The maximum Gasteiger partial charge on any atom is 0.151 e. The first kappa shape index (κ1) is 12.8. The lowest BCUT2D eigenvalue weighted by molar-refractivity contribution is 0.112. The molecule has 2 bridgehead atoms. The van der Waals surface area contributed by atoms with Crippen molar-refractivity contribution in [2.24, 2.45) is 0 Å². The van der Waals surface area contributed by atoms with Crippen LogP contribution in [0, 0.1) is 11.2 Å². The molecule has 2 heteroatoms. The van der Waals surface area contributed by atoms with Gasteiger partial charge in [-0.1, -0.05) is 5.92 Å². The van der Waals surface area contributed by atoms with E-state index in [1.165, 1.54) is 30.4 Å². The maximum atomic E-state index is 11.3. The number of hydrogen-bond donors (Lipinski definition) is 0. The first-order chi connectivity index (χ1) is 8.98. The van der Waals surface area contributed by atoms with Crippen LogP contribution >= 0.6 is 10.0 Å². The number of hydrogen-bond acceptors (Lipinski definition) is 1. The van der Waals surface area contributed by atoms with Crippen molar-refractivity contribution >= 4 is 16.3 Å². The summed E-state index contributed by atoms with van der Waals surface area (Å²) in [5.74, 6) is 4.68. The summed E-state index contributed by atoms with van der Waals surface area (Å²) in [5, 5.41) is 3.32. The lowest BCUT2D eigenvalue weighted by Crippen LogP contribution is -2.01. The summed E-state index contributed by atoms with van der Waals surface area (Å²) in [6, 6.07) is 4.30. The van der Waals surface area contributed by atoms with Crippen molar-refractivity contribution in [3.8, 4) is 11.2 Å². The highest BCUT2D eigenvalue weighted by Gasteiger charge is 2.37. The van der Waals surface area contributed by atoms with E-state index in [1.807, 2.05) is 0 Å². The monoisotopic (exact) mass is 272 g/mol. The van der Waals surface area contributed by atoms with Gasteiger partial charge in [0.15, 0.2) is 6.29 Å². The normalized spacial score (nSPS) is 24.6. The molecule has 0 amide bonds. The molecule has 1 aromatic carbocycles. The van der Waals surface area contributed by atoms with Gasteiger partial charge in [-0.25, -0.2) is 0 Å². The van der Waals surface area contributed by atoms with Crippen LogP contribution in [0.3, 0.4) is 0 Å². The van der Waals surface area contributed by atoms with E-state index in [2.05, 4.69) is 42.1 Å². The summed E-state index contributed by atoms with van der Waals surface area (Å²) >= 11 is 0. The van der Waals surface area contributed by atoms with Gasteiger partial charge in [0, 0.05) is 11.1 Å². The third-order valence-electron chi connectivity index (χ3n) is 4.19. The largest absolute Gasteiger partial charge is 0.298 e. The number of carbonyl (C=O) groups is 1. The van der Waals surface area contributed by atoms with Gasteiger partial charge in [-0.05, 0) is 78.4 Å². The second kappa shape index (κ2) is 4.42. The summed E-state index contributed by atoms with van der Waals surface area (Å²) in [6.07, 6.45) is 11.4. The van der Waals surface area contributed by atoms with Crippen molar-refractivity contribution in [3.63, 3.8) is 0 Å². The van der Waals surface area contributed by atoms with E-state index in [4.69, 9.17) is 0 Å². The summed E-state index contributed by atoms with van der Waals surface area (Å²) in [7, 11) is -0.849. The molecule has 1 fully saturated rings. The molecule has 1 nitrogen and oxygen atoms in total. The summed E-state index contributed by atoms with van der Waals surface area (Å²) in [4.78, 5) is 11.3. The van der Waals surface area contributed by atoms with E-state index in [0.29, 0.717) is 5.92 Å². The summed E-state index contributed by atoms with van der Waals surface area (Å²) < 4.78 is 0. The molecule has 0 heterocycles. The van der Waals surface area contributed by atoms with Crippen LogP contribution in [0.4, 0.5) is 0 Å². The molecule has 0 N–H and O–H groups in total. The first-order valence-corrected chi connectivity index (χ1v) is 9.68. The van der Waals surface area contributed by atoms with E-state index in [9.17, 15) is 4.79 Å². The molecular weight excluding hydrogens is 252 g/mol. The third kappa shape index (κ3) is 2.32. The van der Waals surface area contributed by atoms with Crippen molar-refractivity contribution in [1.82, 2.24) is 0 Å². The van der Waals surface area contributed by atoms with Crippen LogP contribution in [0.2, 0.25) is 0 Å². The highest BCUT2D eigenvalue weighted by Crippen LogP contribution is 2.53. The van der Waals surface area contributed by atoms with Gasteiger partial charge in [0.05, 0.1) is 0 Å². The van der Waals surface area contributed by atoms with Crippen LogP contribution in [0.15, 0.2) is 12.1 Å². The van der Waals surface area contributed by atoms with Gasteiger partial charge in [-0.2, -0.15) is 10.0 Å². The molecule has 0 radical (unpaired) electrons. The first-order valence-electron chi connectivity index (χ1n) is 6.82. The quantitative estimate of drug-likeness (QED) is 0.560. The van der Waals surface area contributed by atoms with Crippen molar-refractivity contribution < 1.29 is 4.79 Å². The molecule has 2 unspecified atom stereocenters. The average Bonchev–Trinajstić information content (AvgIpc) is 2.95. The summed E-state index contributed by atoms with van der Waals surface area (Å²) in [6.45, 7) is 0. The van der Waals surface area contributed by atoms with Crippen LogP contribution in [-0.2, 0) is 0 Å². The van der Waals surface area contributed by atoms with Crippen molar-refractivity contribution in [2.75, 3.05) is 18.8 Å². The van der Waals surface area contributed by atoms with Crippen LogP contribution in [0.1, 0.15) is 58.1 Å². The maximum absolute atomic E-state index is 11.3. The Morgan fingerprint density at radius 2 is 1.79 bits per heavy atom. The van der Waals surface area contributed by atoms with Gasteiger partial charge in [0.25, 0.3) is 0 Å². The molecule has 1 aromatic rings. The van der Waals surface area contributed by atoms with Crippen molar-refractivity contribution in [3.05, 3.63) is 34.4 Å². The second-order valence-electron chi connectivity index (χ2n) is 6.46. The fourth-order valence-corrected chi connectivity index (χ4v) is 3.73. The van der Waals surface area contributed by atoms with E-state index >= 15 is 0 Å². The fourth-order valence-electron chi connectivity index (χ4n) is 3.32. The molecule has 2 aliphatic rings. The standard InChI is InChI=1S/C17H20OS/c1-19(2,3)7-6-12-9-16-13-4-5-14(8-13)17(16)10-15(12)11-18/h9-11,13-14H,4-5,8H2,1-3H3. The number of aldehydes is 1. The number of carbonyl (C=O) groups excluding carboxylic acids is 1. The molecule has 2 atom stereocenters.